The molecule has 0 bridgehead atoms. The minimum absolute atomic E-state index is 0.0210. The molecular formula is C10H17F3OS. The summed E-state index contributed by atoms with van der Waals surface area (Å²) in [5.74, 6) is -2.80. The zero-order chi connectivity index (χ0) is 11.9. The lowest BCUT2D eigenvalue weighted by Crippen LogP contribution is -2.29. The maximum absolute atomic E-state index is 12.9. The summed E-state index contributed by atoms with van der Waals surface area (Å²) in [5.41, 5.74) is 0. The van der Waals surface area contributed by atoms with Crippen molar-refractivity contribution in [2.75, 3.05) is 5.75 Å². The second-order valence-electron chi connectivity index (χ2n) is 3.30. The first kappa shape index (κ1) is 14.8. The van der Waals surface area contributed by atoms with Crippen molar-refractivity contribution in [2.45, 2.75) is 51.6 Å². The molecule has 0 heterocycles. The van der Waals surface area contributed by atoms with Gasteiger partial charge in [-0.2, -0.15) is 0 Å². The maximum atomic E-state index is 12.9. The van der Waals surface area contributed by atoms with E-state index in [2.05, 4.69) is 0 Å². The lowest BCUT2D eigenvalue weighted by Gasteiger charge is -2.18. The number of halogens is 3. The topological polar surface area (TPSA) is 17.1 Å². The number of carbonyl (C=O) groups excluding carboxylic acids is 1. The van der Waals surface area contributed by atoms with E-state index in [0.717, 1.165) is 11.8 Å². The van der Waals surface area contributed by atoms with Crippen LogP contribution >= 0.6 is 11.8 Å². The van der Waals surface area contributed by atoms with Crippen molar-refractivity contribution in [1.82, 2.24) is 0 Å². The van der Waals surface area contributed by atoms with E-state index >= 15 is 0 Å². The summed E-state index contributed by atoms with van der Waals surface area (Å²) < 4.78 is 38.4. The van der Waals surface area contributed by atoms with Crippen molar-refractivity contribution in [1.29, 1.82) is 0 Å². The van der Waals surface area contributed by atoms with Gasteiger partial charge in [0.15, 0.2) is 11.3 Å². The van der Waals surface area contributed by atoms with Crippen molar-refractivity contribution in [3.8, 4) is 0 Å². The van der Waals surface area contributed by atoms with Crippen LogP contribution < -0.4 is 0 Å². The van der Waals surface area contributed by atoms with Gasteiger partial charge in [0, 0.05) is 18.6 Å². The number of carbonyl (C=O) groups is 1. The minimum atomic E-state index is -3.22. The quantitative estimate of drug-likeness (QED) is 0.631. The second-order valence-corrected chi connectivity index (χ2v) is 4.45. The molecule has 15 heavy (non-hydrogen) atoms. The van der Waals surface area contributed by atoms with E-state index in [1.165, 1.54) is 6.92 Å². The standard InChI is InChI=1S/C10H17F3OS/c1-3-9(14)15-7-5-6-8(11)10(12,13)4-2/h8H,3-7H2,1-2H3. The first-order chi connectivity index (χ1) is 6.94. The molecule has 1 nitrogen and oxygen atoms in total. The van der Waals surface area contributed by atoms with Gasteiger partial charge in [-0.1, -0.05) is 25.6 Å². The average molecular weight is 242 g/mol. The highest BCUT2D eigenvalue weighted by Gasteiger charge is 2.37. The fraction of sp³-hybridized carbons (Fsp3) is 0.900. The minimum Gasteiger partial charge on any atom is -0.287 e. The van der Waals surface area contributed by atoms with Crippen LogP contribution in [0.2, 0.25) is 0 Å². The Labute approximate surface area is 92.8 Å². The molecule has 0 aromatic heterocycles. The second kappa shape index (κ2) is 7.14. The van der Waals surface area contributed by atoms with E-state index in [1.54, 1.807) is 6.92 Å². The summed E-state index contributed by atoms with van der Waals surface area (Å²) in [6.45, 7) is 3.00. The Hall–Kier alpha value is -0.190. The van der Waals surface area contributed by atoms with Gasteiger partial charge in [0.2, 0.25) is 0 Å². The van der Waals surface area contributed by atoms with Crippen LogP contribution in [0, 0.1) is 0 Å². The summed E-state index contributed by atoms with van der Waals surface area (Å²) in [5, 5.41) is 0.0210. The van der Waals surface area contributed by atoms with Gasteiger partial charge in [-0.05, 0) is 12.8 Å². The van der Waals surface area contributed by atoms with Crippen molar-refractivity contribution in [3.63, 3.8) is 0 Å². The molecule has 0 radical (unpaired) electrons. The molecule has 0 aliphatic heterocycles. The highest BCUT2D eigenvalue weighted by Crippen LogP contribution is 2.28. The van der Waals surface area contributed by atoms with Gasteiger partial charge < -0.3 is 0 Å². The van der Waals surface area contributed by atoms with Crippen molar-refractivity contribution in [3.05, 3.63) is 0 Å². The van der Waals surface area contributed by atoms with Gasteiger partial charge in [-0.25, -0.2) is 13.2 Å². The fourth-order valence-electron chi connectivity index (χ4n) is 0.983. The molecule has 1 unspecified atom stereocenters. The lowest BCUT2D eigenvalue weighted by molar-refractivity contribution is -0.110. The Balaban J connectivity index is 3.64. The first-order valence-corrected chi connectivity index (χ1v) is 6.10. The van der Waals surface area contributed by atoms with Crippen molar-refractivity contribution >= 4 is 16.9 Å². The van der Waals surface area contributed by atoms with Gasteiger partial charge in [0.1, 0.15) is 0 Å². The van der Waals surface area contributed by atoms with Crippen LogP contribution in [0.4, 0.5) is 13.2 Å². The van der Waals surface area contributed by atoms with Gasteiger partial charge in [0.25, 0.3) is 5.92 Å². The van der Waals surface area contributed by atoms with E-state index < -0.39 is 18.5 Å². The number of alkyl halides is 3. The molecule has 1 atom stereocenters. The third-order valence-electron chi connectivity index (χ3n) is 2.08. The van der Waals surface area contributed by atoms with Crippen molar-refractivity contribution < 1.29 is 18.0 Å². The van der Waals surface area contributed by atoms with Gasteiger partial charge in [-0.3, -0.25) is 4.79 Å². The summed E-state index contributed by atoms with van der Waals surface area (Å²) in [6, 6.07) is 0. The summed E-state index contributed by atoms with van der Waals surface area (Å²) in [7, 11) is 0. The van der Waals surface area contributed by atoms with E-state index in [9.17, 15) is 18.0 Å². The number of thioether (sulfide) groups is 1. The number of rotatable bonds is 7. The molecule has 0 aromatic rings. The highest BCUT2D eigenvalue weighted by atomic mass is 32.2. The highest BCUT2D eigenvalue weighted by molar-refractivity contribution is 8.13. The van der Waals surface area contributed by atoms with E-state index in [0.29, 0.717) is 18.6 Å². The van der Waals surface area contributed by atoms with Crippen LogP contribution in [0.25, 0.3) is 0 Å². The number of hydrogen-bond donors (Lipinski definition) is 0. The average Bonchev–Trinajstić information content (AvgIpc) is 2.23. The first-order valence-electron chi connectivity index (χ1n) is 5.11. The summed E-state index contributed by atoms with van der Waals surface area (Å²) >= 11 is 1.09. The lowest BCUT2D eigenvalue weighted by atomic mass is 10.1. The molecule has 0 spiro atoms. The van der Waals surface area contributed by atoms with E-state index in [-0.39, 0.29) is 11.5 Å². The predicted molar refractivity (Wildman–Crippen MR) is 57.1 cm³/mol. The Bertz CT molecular complexity index is 197. The van der Waals surface area contributed by atoms with Crippen LogP contribution in [-0.4, -0.2) is 23.0 Å². The molecule has 5 heteroatoms. The molecule has 0 saturated heterocycles. The molecule has 0 aliphatic rings. The zero-order valence-corrected chi connectivity index (χ0v) is 9.88. The molecule has 0 fully saturated rings. The van der Waals surface area contributed by atoms with Crippen LogP contribution in [-0.2, 0) is 4.79 Å². The Morgan fingerprint density at radius 3 is 2.47 bits per heavy atom. The fourth-order valence-corrected chi connectivity index (χ4v) is 1.73. The predicted octanol–water partition coefficient (Wildman–Crippen LogP) is 3.82. The smallest absolute Gasteiger partial charge is 0.278 e. The van der Waals surface area contributed by atoms with E-state index in [1.807, 2.05) is 0 Å². The molecule has 0 saturated carbocycles. The molecule has 90 valence electrons. The van der Waals surface area contributed by atoms with Crippen molar-refractivity contribution in [2.24, 2.45) is 0 Å². The van der Waals surface area contributed by atoms with E-state index in [4.69, 9.17) is 0 Å². The van der Waals surface area contributed by atoms with Gasteiger partial charge >= 0.3 is 0 Å². The summed E-state index contributed by atoms with van der Waals surface area (Å²) in [4.78, 5) is 10.8. The molecule has 0 rings (SSSR count). The maximum Gasteiger partial charge on any atom is 0.278 e. The largest absolute Gasteiger partial charge is 0.287 e. The third-order valence-corrected chi connectivity index (χ3v) is 3.19. The van der Waals surface area contributed by atoms with Gasteiger partial charge in [-0.15, -0.1) is 0 Å². The molecule has 0 aromatic carbocycles. The third kappa shape index (κ3) is 6.07. The molecule has 0 amide bonds. The van der Waals surface area contributed by atoms with Crippen LogP contribution in [0.5, 0.6) is 0 Å². The molecular weight excluding hydrogens is 225 g/mol. The SMILES string of the molecule is CCC(=O)SCCCC(F)C(F)(F)CC. The monoisotopic (exact) mass is 242 g/mol. The normalized spacial score (nSPS) is 13.9. The molecule has 0 aliphatic carbocycles. The van der Waals surface area contributed by atoms with Gasteiger partial charge in [0.05, 0.1) is 0 Å². The Kier molecular flexibility index (Phi) is 7.05. The number of hydrogen-bond acceptors (Lipinski definition) is 2. The Morgan fingerprint density at radius 1 is 1.40 bits per heavy atom. The Morgan fingerprint density at radius 2 is 2.00 bits per heavy atom. The van der Waals surface area contributed by atoms with Crippen LogP contribution in [0.1, 0.15) is 39.5 Å². The summed E-state index contributed by atoms with van der Waals surface area (Å²) in [6.07, 6.45) is -2.00. The van der Waals surface area contributed by atoms with Crippen LogP contribution in [0.15, 0.2) is 0 Å². The zero-order valence-electron chi connectivity index (χ0n) is 9.06. The van der Waals surface area contributed by atoms with Crippen LogP contribution in [0.3, 0.4) is 0 Å². The molecule has 0 N–H and O–H groups in total.